The lowest BCUT2D eigenvalue weighted by atomic mass is 9.98. The Labute approximate surface area is 119 Å². The number of aromatic nitrogens is 2. The smallest absolute Gasteiger partial charge is 0.324 e. The lowest BCUT2D eigenvalue weighted by molar-refractivity contribution is -0.143. The third-order valence-corrected chi connectivity index (χ3v) is 5.14. The number of rotatable bonds is 6. The molecule has 8 heteroatoms. The summed E-state index contributed by atoms with van der Waals surface area (Å²) in [4.78, 5) is 11.4. The number of carbonyl (C=O) groups is 1. The van der Waals surface area contributed by atoms with Crippen molar-refractivity contribution in [2.24, 2.45) is 7.05 Å². The van der Waals surface area contributed by atoms with Crippen molar-refractivity contribution in [2.75, 3.05) is 0 Å². The summed E-state index contributed by atoms with van der Waals surface area (Å²) in [6.07, 6.45) is 0.760. The van der Waals surface area contributed by atoms with Crippen LogP contribution in [0.2, 0.25) is 0 Å². The third kappa shape index (κ3) is 3.01. The number of aryl methyl sites for hydroxylation is 2. The lowest BCUT2D eigenvalue weighted by Gasteiger charge is -2.25. The third-order valence-electron chi connectivity index (χ3n) is 3.29. The molecule has 0 saturated carbocycles. The maximum absolute atomic E-state index is 12.5. The van der Waals surface area contributed by atoms with E-state index in [1.807, 2.05) is 0 Å². The Morgan fingerprint density at radius 3 is 2.35 bits per heavy atom. The molecule has 2 N–H and O–H groups in total. The molecular weight excluding hydrogens is 282 g/mol. The first-order chi connectivity index (χ1) is 9.05. The quantitative estimate of drug-likeness (QED) is 0.815. The number of hydrogen-bond acceptors (Lipinski definition) is 4. The second kappa shape index (κ2) is 5.53. The first kappa shape index (κ1) is 16.6. The highest BCUT2D eigenvalue weighted by molar-refractivity contribution is 7.89. The van der Waals surface area contributed by atoms with Crippen LogP contribution in [0.15, 0.2) is 4.90 Å². The average Bonchev–Trinajstić information content (AvgIpc) is 2.52. The van der Waals surface area contributed by atoms with Gasteiger partial charge in [-0.25, -0.2) is 8.42 Å². The Kier molecular flexibility index (Phi) is 4.60. The topological polar surface area (TPSA) is 101 Å². The molecule has 1 rings (SSSR count). The molecule has 0 aliphatic heterocycles. The van der Waals surface area contributed by atoms with Gasteiger partial charge in [0.1, 0.15) is 10.4 Å². The molecule has 0 spiro atoms. The molecule has 1 unspecified atom stereocenters. The van der Waals surface area contributed by atoms with Crippen LogP contribution in [0.3, 0.4) is 0 Å². The first-order valence-electron chi connectivity index (χ1n) is 6.32. The van der Waals surface area contributed by atoms with E-state index in [0.29, 0.717) is 17.8 Å². The highest BCUT2D eigenvalue weighted by Gasteiger charge is 2.38. The van der Waals surface area contributed by atoms with Crippen molar-refractivity contribution in [3.8, 4) is 0 Å². The van der Waals surface area contributed by atoms with Crippen LogP contribution >= 0.6 is 0 Å². The molecule has 0 radical (unpaired) electrons. The minimum Gasteiger partial charge on any atom is -0.480 e. The molecule has 1 atom stereocenters. The molecule has 1 aromatic heterocycles. The Morgan fingerprint density at radius 1 is 1.45 bits per heavy atom. The molecule has 114 valence electrons. The van der Waals surface area contributed by atoms with Crippen LogP contribution in [0.5, 0.6) is 0 Å². The van der Waals surface area contributed by atoms with Gasteiger partial charge < -0.3 is 5.11 Å². The number of nitrogens with zero attached hydrogens (tertiary/aromatic N) is 2. The fourth-order valence-electron chi connectivity index (χ4n) is 2.19. The average molecular weight is 303 g/mol. The zero-order valence-electron chi connectivity index (χ0n) is 12.4. The van der Waals surface area contributed by atoms with E-state index in [2.05, 4.69) is 9.82 Å². The predicted molar refractivity (Wildman–Crippen MR) is 74.0 cm³/mol. The summed E-state index contributed by atoms with van der Waals surface area (Å²) in [5.74, 6) is -1.19. The number of aliphatic carboxylic acids is 1. The molecule has 0 aliphatic carbocycles. The summed E-state index contributed by atoms with van der Waals surface area (Å²) in [6.45, 7) is 6.39. The van der Waals surface area contributed by atoms with E-state index in [-0.39, 0.29) is 11.3 Å². The SMILES string of the molecule is CCCC(C)(NS(=O)(=O)c1c(C)nn(C)c1C)C(=O)O. The van der Waals surface area contributed by atoms with Crippen LogP contribution in [0.4, 0.5) is 0 Å². The summed E-state index contributed by atoms with van der Waals surface area (Å²) in [5, 5.41) is 13.3. The van der Waals surface area contributed by atoms with Crippen molar-refractivity contribution < 1.29 is 18.3 Å². The van der Waals surface area contributed by atoms with E-state index in [0.717, 1.165) is 0 Å². The summed E-state index contributed by atoms with van der Waals surface area (Å²) in [7, 11) is -2.30. The number of hydrogen-bond donors (Lipinski definition) is 2. The number of carboxylic acid groups (broad SMARTS) is 1. The van der Waals surface area contributed by atoms with Gasteiger partial charge in [-0.15, -0.1) is 0 Å². The van der Waals surface area contributed by atoms with Gasteiger partial charge in [0, 0.05) is 7.05 Å². The molecule has 0 bridgehead atoms. The Hall–Kier alpha value is -1.41. The van der Waals surface area contributed by atoms with E-state index >= 15 is 0 Å². The van der Waals surface area contributed by atoms with Crippen molar-refractivity contribution in [3.63, 3.8) is 0 Å². The van der Waals surface area contributed by atoms with Gasteiger partial charge in [-0.05, 0) is 27.2 Å². The van der Waals surface area contributed by atoms with Crippen molar-refractivity contribution in [2.45, 2.75) is 51.0 Å². The molecule has 0 saturated heterocycles. The van der Waals surface area contributed by atoms with Crippen LogP contribution in [0.1, 0.15) is 38.1 Å². The van der Waals surface area contributed by atoms with Gasteiger partial charge in [-0.3, -0.25) is 9.48 Å². The van der Waals surface area contributed by atoms with Crippen LogP contribution in [-0.2, 0) is 21.9 Å². The van der Waals surface area contributed by atoms with Crippen molar-refractivity contribution in [1.29, 1.82) is 0 Å². The number of nitrogens with one attached hydrogen (secondary N) is 1. The van der Waals surface area contributed by atoms with Gasteiger partial charge in [-0.2, -0.15) is 9.82 Å². The molecule has 7 nitrogen and oxygen atoms in total. The molecule has 0 aliphatic rings. The summed E-state index contributed by atoms with van der Waals surface area (Å²) in [5.41, 5.74) is -0.705. The second-order valence-corrected chi connectivity index (χ2v) is 6.74. The van der Waals surface area contributed by atoms with E-state index in [4.69, 9.17) is 0 Å². The molecule has 1 aromatic rings. The fraction of sp³-hybridized carbons (Fsp3) is 0.667. The maximum atomic E-state index is 12.5. The lowest BCUT2D eigenvalue weighted by Crippen LogP contribution is -2.52. The summed E-state index contributed by atoms with van der Waals surface area (Å²) in [6, 6.07) is 0. The van der Waals surface area contributed by atoms with E-state index < -0.39 is 21.5 Å². The van der Waals surface area contributed by atoms with Crippen LogP contribution < -0.4 is 4.72 Å². The Bertz CT molecular complexity index is 621. The zero-order chi connectivity index (χ0) is 15.7. The molecule has 1 heterocycles. The van der Waals surface area contributed by atoms with E-state index in [9.17, 15) is 18.3 Å². The number of sulfonamides is 1. The van der Waals surface area contributed by atoms with Gasteiger partial charge in [0.05, 0.1) is 11.4 Å². The first-order valence-corrected chi connectivity index (χ1v) is 7.81. The highest BCUT2D eigenvalue weighted by atomic mass is 32.2. The van der Waals surface area contributed by atoms with Gasteiger partial charge in [0.15, 0.2) is 0 Å². The van der Waals surface area contributed by atoms with Crippen molar-refractivity contribution in [1.82, 2.24) is 14.5 Å². The minimum absolute atomic E-state index is 0.0450. The van der Waals surface area contributed by atoms with Gasteiger partial charge >= 0.3 is 5.97 Å². The monoisotopic (exact) mass is 303 g/mol. The second-order valence-electron chi connectivity index (χ2n) is 5.12. The highest BCUT2D eigenvalue weighted by Crippen LogP contribution is 2.22. The molecule has 0 fully saturated rings. The fourth-order valence-corrected chi connectivity index (χ4v) is 4.03. The standard InChI is InChI=1S/C12H21N3O4S/c1-6-7-12(4,11(16)17)14-20(18,19)10-8(2)13-15(5)9(10)3/h14H,6-7H2,1-5H3,(H,16,17). The molecule has 0 amide bonds. The molecule has 20 heavy (non-hydrogen) atoms. The summed E-state index contributed by atoms with van der Waals surface area (Å²) < 4.78 is 28.7. The largest absolute Gasteiger partial charge is 0.480 e. The Morgan fingerprint density at radius 2 is 2.00 bits per heavy atom. The number of carboxylic acids is 1. The van der Waals surface area contributed by atoms with Gasteiger partial charge in [0.25, 0.3) is 0 Å². The van der Waals surface area contributed by atoms with E-state index in [1.54, 1.807) is 27.8 Å². The zero-order valence-corrected chi connectivity index (χ0v) is 13.2. The predicted octanol–water partition coefficient (Wildman–Crippen LogP) is 0.959. The van der Waals surface area contributed by atoms with Crippen LogP contribution in [0.25, 0.3) is 0 Å². The van der Waals surface area contributed by atoms with Crippen molar-refractivity contribution in [3.05, 3.63) is 11.4 Å². The van der Waals surface area contributed by atoms with E-state index in [1.165, 1.54) is 11.6 Å². The minimum atomic E-state index is -3.94. The maximum Gasteiger partial charge on any atom is 0.324 e. The molecule has 0 aromatic carbocycles. The van der Waals surface area contributed by atoms with Gasteiger partial charge in [-0.1, -0.05) is 13.3 Å². The summed E-state index contributed by atoms with van der Waals surface area (Å²) >= 11 is 0. The van der Waals surface area contributed by atoms with Crippen molar-refractivity contribution >= 4 is 16.0 Å². The Balaban J connectivity index is 3.27. The van der Waals surface area contributed by atoms with Gasteiger partial charge in [0.2, 0.25) is 10.0 Å². The normalized spacial score (nSPS) is 15.1. The molecular formula is C12H21N3O4S. The van der Waals surface area contributed by atoms with Crippen LogP contribution in [0, 0.1) is 13.8 Å². The van der Waals surface area contributed by atoms with Crippen LogP contribution in [-0.4, -0.2) is 34.8 Å².